The monoisotopic (exact) mass is 466 g/mol. The van der Waals surface area contributed by atoms with Crippen molar-refractivity contribution in [3.8, 4) is 10.6 Å². The molecule has 8 heteroatoms. The number of rotatable bonds is 5. The summed E-state index contributed by atoms with van der Waals surface area (Å²) in [6, 6.07) is 11.9. The first-order chi connectivity index (χ1) is 15.9. The Labute approximate surface area is 196 Å². The van der Waals surface area contributed by atoms with E-state index in [2.05, 4.69) is 10.4 Å². The average molecular weight is 467 g/mol. The Morgan fingerprint density at radius 3 is 2.67 bits per heavy atom. The highest BCUT2D eigenvalue weighted by atomic mass is 32.1. The summed E-state index contributed by atoms with van der Waals surface area (Å²) in [4.78, 5) is 29.9. The molecule has 0 spiro atoms. The number of carbonyl (C=O) groups excluding carboxylic acids is 2. The van der Waals surface area contributed by atoms with Gasteiger partial charge in [-0.3, -0.25) is 14.3 Å². The molecule has 2 aliphatic rings. The van der Waals surface area contributed by atoms with Crippen LogP contribution in [0.15, 0.2) is 47.8 Å². The number of nitrogens with zero attached hydrogens (tertiary/aromatic N) is 3. The Morgan fingerprint density at radius 1 is 1.21 bits per heavy atom. The molecule has 0 bridgehead atoms. The maximum absolute atomic E-state index is 13.7. The first kappa shape index (κ1) is 21.8. The average Bonchev–Trinajstić information content (AvgIpc) is 3.48. The molecule has 5 rings (SSSR count). The van der Waals surface area contributed by atoms with Crippen molar-refractivity contribution in [3.63, 3.8) is 0 Å². The van der Waals surface area contributed by atoms with Gasteiger partial charge in [-0.15, -0.1) is 11.3 Å². The molecule has 1 aliphatic carbocycles. The summed E-state index contributed by atoms with van der Waals surface area (Å²) in [6.45, 7) is 2.29. The zero-order chi connectivity index (χ0) is 23.0. The zero-order valence-electron chi connectivity index (χ0n) is 18.6. The van der Waals surface area contributed by atoms with E-state index in [1.165, 1.54) is 18.6 Å². The summed E-state index contributed by atoms with van der Waals surface area (Å²) < 4.78 is 15.1. The van der Waals surface area contributed by atoms with Crippen LogP contribution in [0.25, 0.3) is 10.6 Å². The van der Waals surface area contributed by atoms with Crippen LogP contribution in [0.1, 0.15) is 55.1 Å². The highest BCUT2D eigenvalue weighted by molar-refractivity contribution is 7.13. The van der Waals surface area contributed by atoms with Crippen molar-refractivity contribution in [2.45, 2.75) is 63.7 Å². The number of aromatic nitrogens is 2. The first-order valence-corrected chi connectivity index (χ1v) is 12.3. The van der Waals surface area contributed by atoms with Gasteiger partial charge in [-0.2, -0.15) is 5.10 Å². The molecule has 1 N–H and O–H groups in total. The van der Waals surface area contributed by atoms with E-state index >= 15 is 0 Å². The summed E-state index contributed by atoms with van der Waals surface area (Å²) in [5.41, 5.74) is 0.845. The van der Waals surface area contributed by atoms with Crippen LogP contribution in [-0.4, -0.2) is 38.1 Å². The molecular weight excluding hydrogens is 439 g/mol. The minimum atomic E-state index is -1.12. The van der Waals surface area contributed by atoms with Gasteiger partial charge in [-0.1, -0.05) is 37.5 Å². The smallest absolute Gasteiger partial charge is 0.273 e. The Morgan fingerprint density at radius 2 is 1.97 bits per heavy atom. The maximum atomic E-state index is 13.7. The Bertz CT molecular complexity index is 1150. The van der Waals surface area contributed by atoms with E-state index in [0.717, 1.165) is 41.8 Å². The molecule has 0 radical (unpaired) electrons. The van der Waals surface area contributed by atoms with Gasteiger partial charge in [0, 0.05) is 12.6 Å². The van der Waals surface area contributed by atoms with E-state index in [-0.39, 0.29) is 36.8 Å². The van der Waals surface area contributed by atoms with Crippen molar-refractivity contribution in [2.75, 3.05) is 0 Å². The van der Waals surface area contributed by atoms with Crippen molar-refractivity contribution in [1.82, 2.24) is 20.0 Å². The van der Waals surface area contributed by atoms with Crippen LogP contribution >= 0.6 is 11.3 Å². The normalized spacial score (nSPS) is 21.2. The van der Waals surface area contributed by atoms with E-state index < -0.39 is 5.54 Å². The van der Waals surface area contributed by atoms with Gasteiger partial charge in [-0.25, -0.2) is 4.39 Å². The number of benzene rings is 1. The molecule has 172 valence electrons. The lowest BCUT2D eigenvalue weighted by atomic mass is 9.91. The zero-order valence-corrected chi connectivity index (χ0v) is 19.4. The van der Waals surface area contributed by atoms with Gasteiger partial charge in [0.1, 0.15) is 22.7 Å². The molecule has 6 nitrogen and oxygen atoms in total. The predicted octanol–water partition coefficient (Wildman–Crippen LogP) is 4.61. The molecule has 2 amide bonds. The second kappa shape index (κ2) is 8.74. The van der Waals surface area contributed by atoms with Crippen LogP contribution in [0.5, 0.6) is 0 Å². The number of amides is 2. The fraction of sp³-hybridized carbons (Fsp3) is 0.400. The lowest BCUT2D eigenvalue weighted by Crippen LogP contribution is -2.64. The summed E-state index contributed by atoms with van der Waals surface area (Å²) in [5, 5.41) is 9.85. The summed E-state index contributed by atoms with van der Waals surface area (Å²) in [7, 11) is 0. The van der Waals surface area contributed by atoms with E-state index in [1.807, 2.05) is 24.4 Å². The van der Waals surface area contributed by atoms with Gasteiger partial charge in [0.25, 0.3) is 5.91 Å². The molecule has 1 fully saturated rings. The number of nitrogens with one attached hydrogen (secondary N) is 1. The van der Waals surface area contributed by atoms with Crippen molar-refractivity contribution in [3.05, 3.63) is 64.9 Å². The molecule has 3 aromatic rings. The Hall–Kier alpha value is -3.00. The molecule has 1 aliphatic heterocycles. The molecule has 0 saturated heterocycles. The lowest BCUT2D eigenvalue weighted by molar-refractivity contribution is -0.134. The standard InChI is InChI=1S/C25H27FN4O2S/c1-25(24(32)27-19-6-3-2-4-7-19)16-30-21(14-20(28-30)22-8-5-13-33-22)23(31)29(25)15-17-9-11-18(26)12-10-17/h5,8-14,19H,2-4,6-7,15-16H2,1H3,(H,27,32)/t25-/m1/s1. The third-order valence-electron chi connectivity index (χ3n) is 6.75. The van der Waals surface area contributed by atoms with Crippen LogP contribution in [0.2, 0.25) is 0 Å². The number of thiophene rings is 1. The fourth-order valence-corrected chi connectivity index (χ4v) is 5.48. The quantitative estimate of drug-likeness (QED) is 0.597. The highest BCUT2D eigenvalue weighted by Crippen LogP contribution is 2.33. The van der Waals surface area contributed by atoms with Gasteiger partial charge < -0.3 is 10.2 Å². The third kappa shape index (κ3) is 4.19. The molecule has 2 aromatic heterocycles. The van der Waals surface area contributed by atoms with Crippen LogP contribution in [-0.2, 0) is 17.9 Å². The van der Waals surface area contributed by atoms with Gasteiger partial charge in [0.15, 0.2) is 0 Å². The summed E-state index contributed by atoms with van der Waals surface area (Å²) in [6.07, 6.45) is 5.33. The second-order valence-electron chi connectivity index (χ2n) is 9.15. The summed E-state index contributed by atoms with van der Waals surface area (Å²) >= 11 is 1.56. The second-order valence-corrected chi connectivity index (χ2v) is 10.1. The van der Waals surface area contributed by atoms with Gasteiger partial charge >= 0.3 is 0 Å². The van der Waals surface area contributed by atoms with E-state index in [0.29, 0.717) is 5.69 Å². The van der Waals surface area contributed by atoms with Crippen molar-refractivity contribution >= 4 is 23.2 Å². The third-order valence-corrected chi connectivity index (χ3v) is 7.65. The SMILES string of the molecule is C[C@]1(C(=O)NC2CCCCC2)Cn2nc(-c3cccs3)cc2C(=O)N1Cc1ccc(F)cc1. The van der Waals surface area contributed by atoms with Gasteiger partial charge in [0.2, 0.25) is 5.91 Å². The Kier molecular flexibility index (Phi) is 5.78. The molecular formula is C25H27FN4O2S. The van der Waals surface area contributed by atoms with Gasteiger partial charge in [-0.05, 0) is 55.0 Å². The van der Waals surface area contributed by atoms with Crippen LogP contribution in [0.3, 0.4) is 0 Å². The fourth-order valence-electron chi connectivity index (χ4n) is 4.79. The molecule has 1 aromatic carbocycles. The molecule has 1 atom stereocenters. The van der Waals surface area contributed by atoms with E-state index in [9.17, 15) is 14.0 Å². The predicted molar refractivity (Wildman–Crippen MR) is 125 cm³/mol. The molecule has 1 saturated carbocycles. The molecule has 3 heterocycles. The lowest BCUT2D eigenvalue weighted by Gasteiger charge is -2.44. The maximum Gasteiger partial charge on any atom is 0.273 e. The number of halogens is 1. The number of fused-ring (bicyclic) bond motifs is 1. The first-order valence-electron chi connectivity index (χ1n) is 11.4. The Balaban J connectivity index is 1.50. The van der Waals surface area contributed by atoms with Crippen LogP contribution in [0.4, 0.5) is 4.39 Å². The van der Waals surface area contributed by atoms with Crippen LogP contribution in [0, 0.1) is 5.82 Å². The number of hydrogen-bond donors (Lipinski definition) is 1. The van der Waals surface area contributed by atoms with Crippen molar-refractivity contribution in [2.24, 2.45) is 0 Å². The molecule has 0 unspecified atom stereocenters. The van der Waals surface area contributed by atoms with E-state index in [4.69, 9.17) is 0 Å². The topological polar surface area (TPSA) is 67.2 Å². The van der Waals surface area contributed by atoms with Crippen molar-refractivity contribution < 1.29 is 14.0 Å². The largest absolute Gasteiger partial charge is 0.351 e. The van der Waals surface area contributed by atoms with E-state index in [1.54, 1.807) is 39.1 Å². The minimum absolute atomic E-state index is 0.131. The van der Waals surface area contributed by atoms with Crippen molar-refractivity contribution in [1.29, 1.82) is 0 Å². The van der Waals surface area contributed by atoms with Crippen LogP contribution < -0.4 is 5.32 Å². The summed E-state index contributed by atoms with van der Waals surface area (Å²) in [5.74, 6) is -0.744. The number of hydrogen-bond acceptors (Lipinski definition) is 4. The highest BCUT2D eigenvalue weighted by Gasteiger charge is 2.48. The minimum Gasteiger partial charge on any atom is -0.351 e. The van der Waals surface area contributed by atoms with Gasteiger partial charge in [0.05, 0.1) is 11.4 Å². The number of carbonyl (C=O) groups is 2. The molecule has 33 heavy (non-hydrogen) atoms.